The summed E-state index contributed by atoms with van der Waals surface area (Å²) in [6.45, 7) is 0. The van der Waals surface area contributed by atoms with Crippen LogP contribution in [0.25, 0.3) is 0 Å². The zero-order valence-electron chi connectivity index (χ0n) is 12.7. The summed E-state index contributed by atoms with van der Waals surface area (Å²) in [6, 6.07) is 8.14. The van der Waals surface area contributed by atoms with Gasteiger partial charge in [-0.05, 0) is 29.8 Å². The molecule has 136 valence electrons. The second-order valence-corrected chi connectivity index (χ2v) is 8.03. The Kier molecular flexibility index (Phi) is 5.05. The minimum absolute atomic E-state index is 0.330. The number of hydrogen-bond acceptors (Lipinski definition) is 3. The lowest BCUT2D eigenvalue weighted by Gasteiger charge is -2.06. The van der Waals surface area contributed by atoms with Gasteiger partial charge in [0, 0.05) is 22.0 Å². The van der Waals surface area contributed by atoms with Crippen LogP contribution in [0.5, 0.6) is 0 Å². The van der Waals surface area contributed by atoms with Crippen molar-refractivity contribution in [1.29, 1.82) is 0 Å². The fourth-order valence-corrected chi connectivity index (χ4v) is 4.16. The summed E-state index contributed by atoms with van der Waals surface area (Å²) in [6.07, 6.45) is 0. The smallest absolute Gasteiger partial charge is 0.306 e. The van der Waals surface area contributed by atoms with Gasteiger partial charge in [0.25, 0.3) is 0 Å². The molecule has 0 aromatic heterocycles. The second kappa shape index (κ2) is 6.85. The Morgan fingerprint density at radius 1 is 1.19 bits per heavy atom. The minimum Gasteiger partial charge on any atom is -0.323 e. The van der Waals surface area contributed by atoms with E-state index in [1.807, 2.05) is 0 Å². The van der Waals surface area contributed by atoms with Gasteiger partial charge in [-0.2, -0.15) is 4.39 Å². The monoisotopic (exact) mass is 436 g/mol. The topological polar surface area (TPSA) is 72.2 Å². The van der Waals surface area contributed by atoms with Crippen molar-refractivity contribution in [3.63, 3.8) is 0 Å². The molecule has 1 aliphatic carbocycles. The van der Waals surface area contributed by atoms with Crippen LogP contribution in [-0.4, -0.2) is 15.2 Å². The lowest BCUT2D eigenvalue weighted by atomic mass is 10.1. The number of alkyl halides is 2. The number of hydrogen-bond donors (Lipinski definition) is 1. The van der Waals surface area contributed by atoms with Gasteiger partial charge in [-0.1, -0.05) is 29.3 Å². The van der Waals surface area contributed by atoms with Crippen LogP contribution in [0.1, 0.15) is 11.5 Å². The number of nitro groups is 1. The van der Waals surface area contributed by atoms with Gasteiger partial charge in [0.15, 0.2) is 0 Å². The Hall–Kier alpha value is -1.60. The highest BCUT2D eigenvalue weighted by Gasteiger charge is 2.67. The maximum Gasteiger partial charge on any atom is 0.306 e. The average molecular weight is 438 g/mol. The number of benzene rings is 2. The van der Waals surface area contributed by atoms with Gasteiger partial charge in [0.1, 0.15) is 4.33 Å². The second-order valence-electron chi connectivity index (χ2n) is 5.72. The lowest BCUT2D eigenvalue weighted by molar-refractivity contribution is -0.387. The first-order valence-electron chi connectivity index (χ1n) is 7.20. The number of nitrogens with zero attached hydrogens (tertiary/aromatic N) is 1. The number of nitro benzene ring substituents is 1. The van der Waals surface area contributed by atoms with Crippen molar-refractivity contribution < 1.29 is 14.1 Å². The van der Waals surface area contributed by atoms with E-state index in [-0.39, 0.29) is 5.69 Å². The summed E-state index contributed by atoms with van der Waals surface area (Å²) in [7, 11) is 0. The molecular weight excluding hydrogens is 429 g/mol. The molecule has 5 nitrogen and oxygen atoms in total. The molecule has 2 atom stereocenters. The lowest BCUT2D eigenvalue weighted by Crippen LogP contribution is -2.18. The maximum absolute atomic E-state index is 14.1. The third-order valence-electron chi connectivity index (χ3n) is 4.01. The molecule has 10 heteroatoms. The molecule has 0 radical (unpaired) electrons. The number of carbonyl (C=O) groups is 1. The van der Waals surface area contributed by atoms with E-state index in [1.165, 1.54) is 18.2 Å². The molecule has 1 saturated carbocycles. The van der Waals surface area contributed by atoms with Crippen LogP contribution in [0.4, 0.5) is 15.8 Å². The van der Waals surface area contributed by atoms with Crippen LogP contribution >= 0.6 is 46.4 Å². The first-order valence-corrected chi connectivity index (χ1v) is 8.71. The summed E-state index contributed by atoms with van der Waals surface area (Å²) >= 11 is 24.3. The van der Waals surface area contributed by atoms with Crippen molar-refractivity contribution in [2.75, 3.05) is 5.32 Å². The zero-order valence-corrected chi connectivity index (χ0v) is 15.7. The van der Waals surface area contributed by atoms with E-state index in [9.17, 15) is 19.3 Å². The molecule has 1 aliphatic rings. The van der Waals surface area contributed by atoms with Crippen LogP contribution < -0.4 is 5.32 Å². The molecule has 1 N–H and O–H groups in total. The van der Waals surface area contributed by atoms with Crippen molar-refractivity contribution in [2.45, 2.75) is 10.3 Å². The predicted molar refractivity (Wildman–Crippen MR) is 98.8 cm³/mol. The van der Waals surface area contributed by atoms with Gasteiger partial charge in [-0.25, -0.2) is 0 Å². The summed E-state index contributed by atoms with van der Waals surface area (Å²) in [5.41, 5.74) is -0.518. The molecule has 2 aromatic carbocycles. The number of anilines is 1. The van der Waals surface area contributed by atoms with Crippen molar-refractivity contribution in [3.05, 3.63) is 67.9 Å². The first-order chi connectivity index (χ1) is 12.1. The Labute approximate surface area is 167 Å². The molecule has 2 aromatic rings. The SMILES string of the molecule is O=C(Nc1cccc([N+](=O)[O-])c1F)[C@H]1C(c2cc(Cl)cc(Cl)c2)C1(Cl)Cl. The highest BCUT2D eigenvalue weighted by Crippen LogP contribution is 2.65. The third kappa shape index (κ3) is 3.47. The number of amides is 1. The van der Waals surface area contributed by atoms with Crippen molar-refractivity contribution >= 4 is 63.7 Å². The molecular formula is C16H9Cl4FN2O3. The van der Waals surface area contributed by atoms with Crippen LogP contribution in [0.2, 0.25) is 10.0 Å². The van der Waals surface area contributed by atoms with Crippen molar-refractivity contribution in [3.8, 4) is 0 Å². The van der Waals surface area contributed by atoms with Gasteiger partial charge in [0.05, 0.1) is 16.5 Å². The molecule has 1 amide bonds. The van der Waals surface area contributed by atoms with Crippen molar-refractivity contribution in [2.24, 2.45) is 5.92 Å². The molecule has 0 saturated heterocycles. The van der Waals surface area contributed by atoms with Gasteiger partial charge in [-0.3, -0.25) is 14.9 Å². The van der Waals surface area contributed by atoms with Gasteiger partial charge in [0.2, 0.25) is 11.7 Å². The summed E-state index contributed by atoms with van der Waals surface area (Å²) < 4.78 is 12.7. The van der Waals surface area contributed by atoms with Gasteiger partial charge < -0.3 is 5.32 Å². The molecule has 1 unspecified atom stereocenters. The maximum atomic E-state index is 14.1. The molecule has 0 bridgehead atoms. The van der Waals surface area contributed by atoms with E-state index in [0.29, 0.717) is 15.6 Å². The van der Waals surface area contributed by atoms with Crippen molar-refractivity contribution in [1.82, 2.24) is 0 Å². The predicted octanol–water partition coefficient (Wildman–Crippen LogP) is 5.57. The first kappa shape index (κ1) is 19.2. The molecule has 1 fully saturated rings. The normalized spacial score (nSPS) is 20.5. The molecule has 0 aliphatic heterocycles. The van der Waals surface area contributed by atoms with E-state index in [1.54, 1.807) is 12.1 Å². The third-order valence-corrected chi connectivity index (χ3v) is 5.39. The van der Waals surface area contributed by atoms with Gasteiger partial charge in [-0.15, -0.1) is 23.2 Å². The molecule has 0 heterocycles. The number of carbonyl (C=O) groups excluding carboxylic acids is 1. The number of halogens is 5. The molecule has 0 spiro atoms. The Morgan fingerprint density at radius 3 is 2.38 bits per heavy atom. The quantitative estimate of drug-likeness (QED) is 0.386. The highest BCUT2D eigenvalue weighted by molar-refractivity contribution is 6.53. The van der Waals surface area contributed by atoms with Crippen LogP contribution in [-0.2, 0) is 4.79 Å². The zero-order chi connectivity index (χ0) is 19.2. The summed E-state index contributed by atoms with van der Waals surface area (Å²) in [5.74, 6) is -3.33. The minimum atomic E-state index is -1.44. The number of rotatable bonds is 4. The van der Waals surface area contributed by atoms with Crippen LogP contribution in [0, 0.1) is 21.8 Å². The Morgan fingerprint density at radius 2 is 1.81 bits per heavy atom. The van der Waals surface area contributed by atoms with Gasteiger partial charge >= 0.3 is 5.69 Å². The highest BCUT2D eigenvalue weighted by atomic mass is 35.5. The Balaban J connectivity index is 1.85. The molecule has 26 heavy (non-hydrogen) atoms. The average Bonchev–Trinajstić information content (AvgIpc) is 3.10. The Bertz CT molecular complexity index is 902. The van der Waals surface area contributed by atoms with E-state index >= 15 is 0 Å². The van der Waals surface area contributed by atoms with Crippen LogP contribution in [0.15, 0.2) is 36.4 Å². The fourth-order valence-electron chi connectivity index (χ4n) is 2.79. The van der Waals surface area contributed by atoms with E-state index < -0.39 is 38.5 Å². The standard InChI is InChI=1S/C16H9Cl4FN2O3/c17-8-4-7(5-9(18)6-8)12-13(16(12,19)20)15(24)22-10-2-1-3-11(14(10)21)23(25)26/h1-6,12-13H,(H,22,24)/t12?,13-/m1/s1. The summed E-state index contributed by atoms with van der Waals surface area (Å²) in [4.78, 5) is 22.4. The summed E-state index contributed by atoms with van der Waals surface area (Å²) in [5, 5.41) is 13.8. The van der Waals surface area contributed by atoms with Crippen LogP contribution in [0.3, 0.4) is 0 Å². The van der Waals surface area contributed by atoms with E-state index in [2.05, 4.69) is 5.32 Å². The fraction of sp³-hybridized carbons (Fsp3) is 0.188. The van der Waals surface area contributed by atoms with E-state index in [0.717, 1.165) is 6.07 Å². The largest absolute Gasteiger partial charge is 0.323 e. The molecule has 3 rings (SSSR count). The number of nitrogens with one attached hydrogen (secondary N) is 1. The van der Waals surface area contributed by atoms with E-state index in [4.69, 9.17) is 46.4 Å².